The highest BCUT2D eigenvalue weighted by Gasteiger charge is 2.26. The molecule has 0 N–H and O–H groups in total. The second kappa shape index (κ2) is 5.65. The molecule has 3 aromatic heterocycles. The lowest BCUT2D eigenvalue weighted by atomic mass is 10.0. The Bertz CT molecular complexity index is 824. The van der Waals surface area contributed by atoms with E-state index >= 15 is 0 Å². The highest BCUT2D eigenvalue weighted by molar-refractivity contribution is 5.56. The van der Waals surface area contributed by atoms with Crippen molar-refractivity contribution in [1.82, 2.24) is 19.6 Å². The molecule has 1 aliphatic rings. The number of aryl methyl sites for hydroxylation is 1. The van der Waals surface area contributed by atoms with E-state index in [2.05, 4.69) is 45.9 Å². The van der Waals surface area contributed by atoms with Crippen LogP contribution in [0, 0.1) is 19.8 Å². The van der Waals surface area contributed by atoms with Crippen LogP contribution in [0.25, 0.3) is 5.65 Å². The van der Waals surface area contributed by atoms with E-state index in [4.69, 9.17) is 0 Å². The van der Waals surface area contributed by atoms with Gasteiger partial charge >= 0.3 is 0 Å². The van der Waals surface area contributed by atoms with Crippen molar-refractivity contribution in [3.8, 4) is 0 Å². The molecular weight excluding hydrogens is 286 g/mol. The molecule has 0 aliphatic carbocycles. The molecule has 5 heteroatoms. The van der Waals surface area contributed by atoms with E-state index < -0.39 is 0 Å². The standard InChI is InChI=1S/C18H21N5/c1-13-14(2)21-17-6-9-20-23(17)18(13)22-10-7-15(12-22)11-16-5-3-4-8-19-16/h3-6,8-9,15H,7,10-12H2,1-2H3. The highest BCUT2D eigenvalue weighted by atomic mass is 15.4. The number of rotatable bonds is 3. The van der Waals surface area contributed by atoms with E-state index in [1.54, 1.807) is 0 Å². The van der Waals surface area contributed by atoms with Gasteiger partial charge in [-0.2, -0.15) is 9.61 Å². The Hall–Kier alpha value is -2.43. The zero-order chi connectivity index (χ0) is 15.8. The van der Waals surface area contributed by atoms with Gasteiger partial charge in [0, 0.05) is 42.3 Å². The maximum Gasteiger partial charge on any atom is 0.157 e. The Balaban J connectivity index is 1.60. The van der Waals surface area contributed by atoms with Crippen molar-refractivity contribution < 1.29 is 0 Å². The van der Waals surface area contributed by atoms with Crippen molar-refractivity contribution in [2.75, 3.05) is 18.0 Å². The third-order valence-electron chi connectivity index (χ3n) is 4.79. The van der Waals surface area contributed by atoms with Gasteiger partial charge in [-0.25, -0.2) is 4.98 Å². The summed E-state index contributed by atoms with van der Waals surface area (Å²) in [5, 5.41) is 4.47. The van der Waals surface area contributed by atoms with Gasteiger partial charge in [0.15, 0.2) is 5.65 Å². The maximum atomic E-state index is 4.62. The molecule has 23 heavy (non-hydrogen) atoms. The summed E-state index contributed by atoms with van der Waals surface area (Å²) < 4.78 is 1.98. The molecule has 0 bridgehead atoms. The van der Waals surface area contributed by atoms with Crippen molar-refractivity contribution in [2.24, 2.45) is 5.92 Å². The zero-order valence-corrected chi connectivity index (χ0v) is 13.6. The quantitative estimate of drug-likeness (QED) is 0.746. The van der Waals surface area contributed by atoms with Crippen molar-refractivity contribution in [3.05, 3.63) is 53.6 Å². The molecule has 1 saturated heterocycles. The predicted octanol–water partition coefficient (Wildman–Crippen LogP) is 2.81. The van der Waals surface area contributed by atoms with Crippen LogP contribution in [-0.4, -0.2) is 32.7 Å². The van der Waals surface area contributed by atoms with E-state index in [1.165, 1.54) is 23.5 Å². The van der Waals surface area contributed by atoms with Crippen LogP contribution >= 0.6 is 0 Å². The average molecular weight is 307 g/mol. The number of nitrogens with zero attached hydrogens (tertiary/aromatic N) is 5. The first-order chi connectivity index (χ1) is 11.2. The summed E-state index contributed by atoms with van der Waals surface area (Å²) in [6.07, 6.45) is 5.95. The van der Waals surface area contributed by atoms with E-state index in [-0.39, 0.29) is 0 Å². The fraction of sp³-hybridized carbons (Fsp3) is 0.389. The van der Waals surface area contributed by atoms with Crippen molar-refractivity contribution in [3.63, 3.8) is 0 Å². The summed E-state index contributed by atoms with van der Waals surface area (Å²) in [6.45, 7) is 6.34. The van der Waals surface area contributed by atoms with E-state index in [0.29, 0.717) is 5.92 Å². The van der Waals surface area contributed by atoms with Crippen LogP contribution in [0.3, 0.4) is 0 Å². The zero-order valence-electron chi connectivity index (χ0n) is 13.6. The van der Waals surface area contributed by atoms with Gasteiger partial charge in [0.2, 0.25) is 0 Å². The number of fused-ring (bicyclic) bond motifs is 1. The fourth-order valence-corrected chi connectivity index (χ4v) is 3.50. The molecule has 0 radical (unpaired) electrons. The molecule has 4 heterocycles. The first kappa shape index (κ1) is 14.2. The Labute approximate surface area is 136 Å². The molecule has 118 valence electrons. The topological polar surface area (TPSA) is 46.3 Å². The summed E-state index contributed by atoms with van der Waals surface area (Å²) >= 11 is 0. The predicted molar refractivity (Wildman–Crippen MR) is 90.7 cm³/mol. The Morgan fingerprint density at radius 3 is 2.91 bits per heavy atom. The normalized spacial score (nSPS) is 18.0. The van der Waals surface area contributed by atoms with Gasteiger partial charge in [0.1, 0.15) is 5.82 Å². The molecule has 4 rings (SSSR count). The van der Waals surface area contributed by atoms with Crippen LogP contribution in [0.5, 0.6) is 0 Å². The SMILES string of the molecule is Cc1nc2ccnn2c(N2CCC(Cc3ccccn3)C2)c1C. The summed E-state index contributed by atoms with van der Waals surface area (Å²) in [5.41, 5.74) is 4.42. The molecule has 1 fully saturated rings. The van der Waals surface area contributed by atoms with Crippen LogP contribution in [0.2, 0.25) is 0 Å². The van der Waals surface area contributed by atoms with Gasteiger partial charge in [0.25, 0.3) is 0 Å². The third kappa shape index (κ3) is 2.56. The van der Waals surface area contributed by atoms with E-state index in [0.717, 1.165) is 30.9 Å². The second-order valence-electron chi connectivity index (χ2n) is 6.37. The molecule has 1 aliphatic heterocycles. The van der Waals surface area contributed by atoms with Crippen molar-refractivity contribution in [2.45, 2.75) is 26.7 Å². The van der Waals surface area contributed by atoms with Gasteiger partial charge < -0.3 is 4.90 Å². The molecule has 3 aromatic rings. The first-order valence-corrected chi connectivity index (χ1v) is 8.18. The lowest BCUT2D eigenvalue weighted by molar-refractivity contribution is 0.577. The van der Waals surface area contributed by atoms with Crippen molar-refractivity contribution in [1.29, 1.82) is 0 Å². The lowest BCUT2D eigenvalue weighted by Gasteiger charge is -2.22. The maximum absolute atomic E-state index is 4.62. The molecule has 0 aromatic carbocycles. The van der Waals surface area contributed by atoms with Gasteiger partial charge in [0.05, 0.1) is 6.20 Å². The Kier molecular flexibility index (Phi) is 3.48. The van der Waals surface area contributed by atoms with Crippen LogP contribution in [0.1, 0.15) is 23.4 Å². The van der Waals surface area contributed by atoms with E-state index in [9.17, 15) is 0 Å². The minimum Gasteiger partial charge on any atom is -0.356 e. The van der Waals surface area contributed by atoms with E-state index in [1.807, 2.05) is 29.0 Å². The highest BCUT2D eigenvalue weighted by Crippen LogP contribution is 2.29. The number of aromatic nitrogens is 4. The number of anilines is 1. The summed E-state index contributed by atoms with van der Waals surface area (Å²) in [7, 11) is 0. The monoisotopic (exact) mass is 307 g/mol. The lowest BCUT2D eigenvalue weighted by Crippen LogP contribution is -2.25. The molecule has 0 amide bonds. The summed E-state index contributed by atoms with van der Waals surface area (Å²) in [6, 6.07) is 8.13. The Morgan fingerprint density at radius 2 is 2.09 bits per heavy atom. The van der Waals surface area contributed by atoms with Crippen LogP contribution in [-0.2, 0) is 6.42 Å². The van der Waals surface area contributed by atoms with Crippen LogP contribution in [0.4, 0.5) is 5.82 Å². The van der Waals surface area contributed by atoms with Crippen molar-refractivity contribution >= 4 is 11.5 Å². The minimum absolute atomic E-state index is 0.642. The fourth-order valence-electron chi connectivity index (χ4n) is 3.50. The Morgan fingerprint density at radius 1 is 1.17 bits per heavy atom. The molecule has 0 saturated carbocycles. The largest absolute Gasteiger partial charge is 0.356 e. The molecular formula is C18H21N5. The second-order valence-corrected chi connectivity index (χ2v) is 6.37. The third-order valence-corrected chi connectivity index (χ3v) is 4.79. The summed E-state index contributed by atoms with van der Waals surface area (Å²) in [4.78, 5) is 11.5. The van der Waals surface area contributed by atoms with Crippen LogP contribution in [0.15, 0.2) is 36.7 Å². The number of pyridine rings is 1. The van der Waals surface area contributed by atoms with Gasteiger partial charge in [-0.15, -0.1) is 0 Å². The van der Waals surface area contributed by atoms with Gasteiger partial charge in [-0.05, 0) is 44.7 Å². The smallest absolute Gasteiger partial charge is 0.157 e. The minimum atomic E-state index is 0.642. The van der Waals surface area contributed by atoms with Gasteiger partial charge in [-0.1, -0.05) is 6.07 Å². The molecule has 1 unspecified atom stereocenters. The summed E-state index contributed by atoms with van der Waals surface area (Å²) in [5.74, 6) is 1.84. The van der Waals surface area contributed by atoms with Crippen LogP contribution < -0.4 is 4.90 Å². The molecule has 5 nitrogen and oxygen atoms in total. The first-order valence-electron chi connectivity index (χ1n) is 8.18. The number of hydrogen-bond donors (Lipinski definition) is 0. The number of hydrogen-bond acceptors (Lipinski definition) is 4. The van der Waals surface area contributed by atoms with Gasteiger partial charge in [-0.3, -0.25) is 4.98 Å². The average Bonchev–Trinajstić information content (AvgIpc) is 3.19. The molecule has 1 atom stereocenters. The molecule has 0 spiro atoms.